The van der Waals surface area contributed by atoms with E-state index in [1.165, 1.54) is 0 Å². The van der Waals surface area contributed by atoms with Crippen molar-refractivity contribution in [2.45, 2.75) is 32.8 Å². The Hall–Kier alpha value is -1.95. The van der Waals surface area contributed by atoms with Gasteiger partial charge in [0.2, 0.25) is 0 Å². The molecule has 0 radical (unpaired) electrons. The molecule has 3 heterocycles. The van der Waals surface area contributed by atoms with Gasteiger partial charge in [0.1, 0.15) is 17.7 Å². The van der Waals surface area contributed by atoms with Gasteiger partial charge in [-0.2, -0.15) is 0 Å². The molecule has 3 rings (SSSR count). The Morgan fingerprint density at radius 2 is 1.95 bits per heavy atom. The van der Waals surface area contributed by atoms with Crippen molar-refractivity contribution in [3.63, 3.8) is 0 Å². The van der Waals surface area contributed by atoms with Crippen LogP contribution in [0.15, 0.2) is 18.6 Å². The summed E-state index contributed by atoms with van der Waals surface area (Å²) in [7, 11) is 1.92. The number of nitrogens with zero attached hydrogens (tertiary/aromatic N) is 5. The molecule has 0 bridgehead atoms. The first-order chi connectivity index (χ1) is 10.6. The average molecular weight is 301 g/mol. The van der Waals surface area contributed by atoms with Gasteiger partial charge in [-0.05, 0) is 32.6 Å². The van der Waals surface area contributed by atoms with Crippen LogP contribution in [0.4, 0.5) is 5.82 Å². The van der Waals surface area contributed by atoms with Gasteiger partial charge in [-0.3, -0.25) is 4.98 Å². The summed E-state index contributed by atoms with van der Waals surface area (Å²) in [4.78, 5) is 15.6. The Labute approximate surface area is 130 Å². The summed E-state index contributed by atoms with van der Waals surface area (Å²) in [5.74, 6) is 1.98. The van der Waals surface area contributed by atoms with Gasteiger partial charge in [0, 0.05) is 38.7 Å². The normalized spacial score (nSPS) is 17.7. The van der Waals surface area contributed by atoms with E-state index in [9.17, 15) is 5.11 Å². The van der Waals surface area contributed by atoms with Gasteiger partial charge >= 0.3 is 0 Å². The first-order valence-corrected chi connectivity index (χ1v) is 7.76. The number of anilines is 1. The Bertz CT molecular complexity index is 646. The van der Waals surface area contributed by atoms with E-state index in [1.54, 1.807) is 12.4 Å². The quantitative estimate of drug-likeness (QED) is 0.936. The van der Waals surface area contributed by atoms with Crippen molar-refractivity contribution >= 4 is 5.82 Å². The van der Waals surface area contributed by atoms with Crippen LogP contribution >= 0.6 is 0 Å². The van der Waals surface area contributed by atoms with Crippen molar-refractivity contribution in [1.29, 1.82) is 0 Å². The molecule has 1 aliphatic rings. The lowest BCUT2D eigenvalue weighted by atomic mass is 9.90. The van der Waals surface area contributed by atoms with Crippen LogP contribution in [-0.4, -0.2) is 37.7 Å². The molecule has 0 spiro atoms. The van der Waals surface area contributed by atoms with E-state index in [1.807, 2.05) is 31.7 Å². The molecular formula is C16H23N5O. The summed E-state index contributed by atoms with van der Waals surface area (Å²) in [6.07, 6.45) is 6.79. The number of aromatic nitrogens is 4. The highest BCUT2D eigenvalue weighted by Crippen LogP contribution is 2.31. The summed E-state index contributed by atoms with van der Waals surface area (Å²) in [6, 6.07) is 0. The van der Waals surface area contributed by atoms with E-state index in [0.29, 0.717) is 0 Å². The third-order valence-corrected chi connectivity index (χ3v) is 4.46. The van der Waals surface area contributed by atoms with Crippen LogP contribution < -0.4 is 4.90 Å². The molecule has 0 saturated carbocycles. The fourth-order valence-electron chi connectivity index (χ4n) is 3.12. The molecule has 1 aliphatic heterocycles. The molecule has 1 saturated heterocycles. The van der Waals surface area contributed by atoms with Crippen LogP contribution in [0.5, 0.6) is 0 Å². The summed E-state index contributed by atoms with van der Waals surface area (Å²) in [5, 5.41) is 10.5. The molecule has 0 amide bonds. The molecule has 2 aromatic heterocycles. The van der Waals surface area contributed by atoms with Gasteiger partial charge in [0.05, 0.1) is 11.4 Å². The van der Waals surface area contributed by atoms with E-state index in [2.05, 4.69) is 19.9 Å². The molecule has 6 heteroatoms. The standard InChI is InChI=1S/C16H23N5O/c1-11-10-18-12(2)15(19-11)21-7-4-13(5-8-21)14(22)16-17-6-9-20(16)3/h6,9-10,13-14,22H,4-5,7-8H2,1-3H3/t14-/m0/s1. The van der Waals surface area contributed by atoms with Gasteiger partial charge < -0.3 is 14.6 Å². The Kier molecular flexibility index (Phi) is 4.11. The molecule has 1 N–H and O–H groups in total. The van der Waals surface area contributed by atoms with E-state index < -0.39 is 6.10 Å². The van der Waals surface area contributed by atoms with E-state index in [4.69, 9.17) is 0 Å². The lowest BCUT2D eigenvalue weighted by Gasteiger charge is -2.35. The van der Waals surface area contributed by atoms with Crippen LogP contribution in [0.2, 0.25) is 0 Å². The Balaban J connectivity index is 1.68. The van der Waals surface area contributed by atoms with Gasteiger partial charge in [0.15, 0.2) is 0 Å². The van der Waals surface area contributed by atoms with Crippen molar-refractivity contribution in [2.75, 3.05) is 18.0 Å². The number of imidazole rings is 1. The predicted octanol–water partition coefficient (Wildman–Crippen LogP) is 1.78. The van der Waals surface area contributed by atoms with Gasteiger partial charge in [-0.25, -0.2) is 9.97 Å². The second kappa shape index (κ2) is 6.04. The minimum atomic E-state index is -0.494. The van der Waals surface area contributed by atoms with Crippen LogP contribution in [-0.2, 0) is 7.05 Å². The molecule has 22 heavy (non-hydrogen) atoms. The summed E-state index contributed by atoms with van der Waals surface area (Å²) in [6.45, 7) is 5.75. The average Bonchev–Trinajstić information content (AvgIpc) is 2.95. The van der Waals surface area contributed by atoms with Gasteiger partial charge in [-0.15, -0.1) is 0 Å². The van der Waals surface area contributed by atoms with Crippen LogP contribution in [0.25, 0.3) is 0 Å². The zero-order chi connectivity index (χ0) is 15.7. The maximum atomic E-state index is 10.5. The van der Waals surface area contributed by atoms with Gasteiger partial charge in [-0.1, -0.05) is 0 Å². The molecule has 118 valence electrons. The van der Waals surface area contributed by atoms with Crippen molar-refractivity contribution in [2.24, 2.45) is 13.0 Å². The predicted molar refractivity (Wildman–Crippen MR) is 84.6 cm³/mol. The van der Waals surface area contributed by atoms with Crippen LogP contribution in [0.3, 0.4) is 0 Å². The number of hydrogen-bond donors (Lipinski definition) is 1. The molecule has 1 atom stereocenters. The van der Waals surface area contributed by atoms with Crippen LogP contribution in [0, 0.1) is 19.8 Å². The largest absolute Gasteiger partial charge is 0.385 e. The SMILES string of the molecule is Cc1cnc(C)c(N2CCC([C@H](O)c3nccn3C)CC2)n1. The highest BCUT2D eigenvalue weighted by Gasteiger charge is 2.29. The fourth-order valence-corrected chi connectivity index (χ4v) is 3.12. The smallest absolute Gasteiger partial charge is 0.150 e. The zero-order valence-electron chi connectivity index (χ0n) is 13.4. The number of hydrogen-bond acceptors (Lipinski definition) is 5. The fraction of sp³-hybridized carbons (Fsp3) is 0.562. The molecule has 0 aromatic carbocycles. The molecule has 6 nitrogen and oxygen atoms in total. The molecule has 0 aliphatic carbocycles. The highest BCUT2D eigenvalue weighted by molar-refractivity contribution is 5.43. The maximum absolute atomic E-state index is 10.5. The Morgan fingerprint density at radius 1 is 1.23 bits per heavy atom. The van der Waals surface area contributed by atoms with Crippen molar-refractivity contribution in [3.05, 3.63) is 35.8 Å². The number of aliphatic hydroxyl groups excluding tert-OH is 1. The first-order valence-electron chi connectivity index (χ1n) is 7.76. The van der Waals surface area contributed by atoms with E-state index in [-0.39, 0.29) is 5.92 Å². The lowest BCUT2D eigenvalue weighted by molar-refractivity contribution is 0.0824. The number of rotatable bonds is 3. The summed E-state index contributed by atoms with van der Waals surface area (Å²) < 4.78 is 1.90. The van der Waals surface area contributed by atoms with E-state index >= 15 is 0 Å². The van der Waals surface area contributed by atoms with Gasteiger partial charge in [0.25, 0.3) is 0 Å². The molecular weight excluding hydrogens is 278 g/mol. The van der Waals surface area contributed by atoms with Crippen molar-refractivity contribution < 1.29 is 5.11 Å². The molecule has 0 unspecified atom stereocenters. The number of aliphatic hydroxyl groups is 1. The third-order valence-electron chi connectivity index (χ3n) is 4.46. The minimum Gasteiger partial charge on any atom is -0.385 e. The number of piperidine rings is 1. The number of aryl methyl sites for hydroxylation is 3. The third kappa shape index (κ3) is 2.83. The highest BCUT2D eigenvalue weighted by atomic mass is 16.3. The first kappa shape index (κ1) is 15.0. The van der Waals surface area contributed by atoms with Crippen molar-refractivity contribution in [3.8, 4) is 0 Å². The second-order valence-corrected chi connectivity index (χ2v) is 6.09. The maximum Gasteiger partial charge on any atom is 0.150 e. The lowest BCUT2D eigenvalue weighted by Crippen LogP contribution is -2.37. The molecule has 1 fully saturated rings. The second-order valence-electron chi connectivity index (χ2n) is 6.09. The summed E-state index contributed by atoms with van der Waals surface area (Å²) >= 11 is 0. The summed E-state index contributed by atoms with van der Waals surface area (Å²) in [5.41, 5.74) is 1.91. The van der Waals surface area contributed by atoms with Crippen LogP contribution in [0.1, 0.15) is 36.2 Å². The zero-order valence-corrected chi connectivity index (χ0v) is 13.4. The Morgan fingerprint density at radius 3 is 2.59 bits per heavy atom. The topological polar surface area (TPSA) is 67.1 Å². The minimum absolute atomic E-state index is 0.246. The molecule has 2 aromatic rings. The van der Waals surface area contributed by atoms with E-state index in [0.717, 1.165) is 49.0 Å². The monoisotopic (exact) mass is 301 g/mol. The van der Waals surface area contributed by atoms with Crippen molar-refractivity contribution in [1.82, 2.24) is 19.5 Å².